The minimum Gasteiger partial charge on any atom is -0.494 e. The third-order valence-electron chi connectivity index (χ3n) is 4.92. The number of hydrogen-bond donors (Lipinski definition) is 1. The molecule has 2 aromatic rings. The van der Waals surface area contributed by atoms with Crippen molar-refractivity contribution in [1.82, 2.24) is 4.90 Å². The van der Waals surface area contributed by atoms with Gasteiger partial charge >= 0.3 is 0 Å². The van der Waals surface area contributed by atoms with Gasteiger partial charge < -0.3 is 24.6 Å². The van der Waals surface area contributed by atoms with Crippen LogP contribution in [-0.4, -0.2) is 55.5 Å². The highest BCUT2D eigenvalue weighted by Gasteiger charge is 2.30. The van der Waals surface area contributed by atoms with Crippen molar-refractivity contribution in [2.75, 3.05) is 37.0 Å². The van der Waals surface area contributed by atoms with E-state index in [0.717, 1.165) is 5.75 Å². The summed E-state index contributed by atoms with van der Waals surface area (Å²) in [6.07, 6.45) is 0.179. The Morgan fingerprint density at radius 3 is 2.42 bits per heavy atom. The van der Waals surface area contributed by atoms with Crippen LogP contribution in [-0.2, 0) is 14.4 Å². The number of para-hydroxylation sites is 2. The van der Waals surface area contributed by atoms with Gasteiger partial charge in [-0.15, -0.1) is 0 Å². The number of benzene rings is 2. The maximum atomic E-state index is 13.1. The molecular formula is C23H27N3O5. The lowest BCUT2D eigenvalue weighted by Gasteiger charge is -2.29. The molecule has 2 aromatic carbocycles. The fourth-order valence-corrected chi connectivity index (χ4v) is 3.39. The first-order valence-electron chi connectivity index (χ1n) is 10.2. The molecule has 0 bridgehead atoms. The summed E-state index contributed by atoms with van der Waals surface area (Å²) in [6.45, 7) is 3.97. The van der Waals surface area contributed by atoms with Crippen LogP contribution in [0.1, 0.15) is 20.3 Å². The summed E-state index contributed by atoms with van der Waals surface area (Å²) in [6, 6.07) is 13.8. The number of anilines is 2. The maximum absolute atomic E-state index is 13.1. The van der Waals surface area contributed by atoms with Crippen LogP contribution in [0.15, 0.2) is 48.5 Å². The molecule has 1 atom stereocenters. The van der Waals surface area contributed by atoms with Gasteiger partial charge in [-0.3, -0.25) is 14.4 Å². The topological polar surface area (TPSA) is 88.2 Å². The van der Waals surface area contributed by atoms with Gasteiger partial charge in [-0.05, 0) is 50.2 Å². The highest BCUT2D eigenvalue weighted by Crippen LogP contribution is 2.31. The number of ether oxygens (including phenoxy) is 2. The lowest BCUT2D eigenvalue weighted by Crippen LogP contribution is -2.46. The van der Waals surface area contributed by atoms with Crippen molar-refractivity contribution in [3.8, 4) is 11.5 Å². The number of carbonyl (C=O) groups excluding carboxylic acids is 3. The third kappa shape index (κ3) is 5.53. The highest BCUT2D eigenvalue weighted by molar-refractivity contribution is 6.05. The number of nitrogens with one attached hydrogen (secondary N) is 1. The number of fused-ring (bicyclic) bond motifs is 1. The molecule has 3 rings (SSSR count). The molecule has 0 saturated heterocycles. The number of hydrogen-bond acceptors (Lipinski definition) is 5. The van der Waals surface area contributed by atoms with E-state index in [2.05, 4.69) is 5.32 Å². The normalized spacial score (nSPS) is 15.4. The summed E-state index contributed by atoms with van der Waals surface area (Å²) >= 11 is 0. The molecule has 164 valence electrons. The zero-order valence-corrected chi connectivity index (χ0v) is 18.0. The molecule has 1 aliphatic heterocycles. The number of nitrogens with zero attached hydrogens (tertiary/aromatic N) is 2. The van der Waals surface area contributed by atoms with Gasteiger partial charge in [0.2, 0.25) is 11.8 Å². The highest BCUT2D eigenvalue weighted by atomic mass is 16.5. The first-order chi connectivity index (χ1) is 14.9. The Balaban J connectivity index is 1.61. The first-order valence-corrected chi connectivity index (χ1v) is 10.2. The SMILES string of the molecule is CCOc1ccc(OCC(=O)N(C)CC(=O)N2c3ccccc3NC(=O)C[C@H]2C)cc1. The van der Waals surface area contributed by atoms with Crippen LogP contribution < -0.4 is 19.7 Å². The minimum atomic E-state index is -0.334. The Labute approximate surface area is 181 Å². The van der Waals surface area contributed by atoms with E-state index in [1.807, 2.05) is 19.9 Å². The Bertz CT molecular complexity index is 944. The summed E-state index contributed by atoms with van der Waals surface area (Å²) in [5.74, 6) is 0.517. The van der Waals surface area contributed by atoms with Gasteiger partial charge in [-0.25, -0.2) is 0 Å². The van der Waals surface area contributed by atoms with E-state index < -0.39 is 0 Å². The maximum Gasteiger partial charge on any atom is 0.260 e. The lowest BCUT2D eigenvalue weighted by molar-refractivity contribution is -0.135. The van der Waals surface area contributed by atoms with Crippen LogP contribution in [0.5, 0.6) is 11.5 Å². The van der Waals surface area contributed by atoms with Gasteiger partial charge in [-0.2, -0.15) is 0 Å². The summed E-state index contributed by atoms with van der Waals surface area (Å²) in [5.41, 5.74) is 1.20. The molecule has 0 radical (unpaired) electrons. The van der Waals surface area contributed by atoms with Crippen LogP contribution in [0, 0.1) is 0 Å². The Morgan fingerprint density at radius 2 is 1.74 bits per heavy atom. The van der Waals surface area contributed by atoms with E-state index in [-0.39, 0.29) is 43.3 Å². The second-order valence-corrected chi connectivity index (χ2v) is 7.33. The standard InChI is InChI=1S/C23H27N3O5/c1-4-30-17-9-11-18(12-10-17)31-15-23(29)25(3)14-22(28)26-16(2)13-21(27)24-19-7-5-6-8-20(19)26/h5-12,16H,4,13-15H2,1-3H3,(H,24,27)/t16-/m1/s1. The number of likely N-dealkylation sites (N-methyl/N-ethyl adjacent to an activating group) is 1. The zero-order valence-electron chi connectivity index (χ0n) is 18.0. The molecule has 8 heteroatoms. The fraction of sp³-hybridized carbons (Fsp3) is 0.348. The number of carbonyl (C=O) groups is 3. The number of amides is 3. The quantitative estimate of drug-likeness (QED) is 0.737. The van der Waals surface area contributed by atoms with Crippen LogP contribution in [0.3, 0.4) is 0 Å². The van der Waals surface area contributed by atoms with Gasteiger partial charge in [0.05, 0.1) is 24.5 Å². The summed E-state index contributed by atoms with van der Waals surface area (Å²) in [5, 5.41) is 2.82. The second-order valence-electron chi connectivity index (χ2n) is 7.33. The van der Waals surface area contributed by atoms with Crippen molar-refractivity contribution in [2.24, 2.45) is 0 Å². The van der Waals surface area contributed by atoms with Gasteiger partial charge in [-0.1, -0.05) is 12.1 Å². The van der Waals surface area contributed by atoms with Gasteiger partial charge in [0, 0.05) is 19.5 Å². The van der Waals surface area contributed by atoms with E-state index in [4.69, 9.17) is 9.47 Å². The van der Waals surface area contributed by atoms with Crippen molar-refractivity contribution < 1.29 is 23.9 Å². The first kappa shape index (κ1) is 22.1. The molecule has 0 aromatic heterocycles. The Morgan fingerprint density at radius 1 is 1.10 bits per heavy atom. The van der Waals surface area contributed by atoms with Gasteiger partial charge in [0.25, 0.3) is 5.91 Å². The molecule has 0 aliphatic carbocycles. The van der Waals surface area contributed by atoms with E-state index >= 15 is 0 Å². The van der Waals surface area contributed by atoms with Crippen molar-refractivity contribution in [1.29, 1.82) is 0 Å². The molecule has 0 spiro atoms. The van der Waals surface area contributed by atoms with Crippen LogP contribution in [0.2, 0.25) is 0 Å². The average molecular weight is 425 g/mol. The number of rotatable bonds is 7. The molecule has 31 heavy (non-hydrogen) atoms. The summed E-state index contributed by atoms with van der Waals surface area (Å²) in [7, 11) is 1.56. The molecule has 3 amide bonds. The molecule has 1 aliphatic rings. The molecule has 0 fully saturated rings. The van der Waals surface area contributed by atoms with Crippen molar-refractivity contribution in [3.63, 3.8) is 0 Å². The Kier molecular flexibility index (Phi) is 7.12. The van der Waals surface area contributed by atoms with E-state index in [0.29, 0.717) is 23.7 Å². The van der Waals surface area contributed by atoms with E-state index in [9.17, 15) is 14.4 Å². The Hall–Kier alpha value is -3.55. The van der Waals surface area contributed by atoms with E-state index in [1.165, 1.54) is 4.90 Å². The molecular weight excluding hydrogens is 398 g/mol. The van der Waals surface area contributed by atoms with Crippen molar-refractivity contribution in [2.45, 2.75) is 26.3 Å². The molecule has 0 unspecified atom stereocenters. The van der Waals surface area contributed by atoms with Crippen molar-refractivity contribution >= 4 is 29.1 Å². The summed E-state index contributed by atoms with van der Waals surface area (Å²) in [4.78, 5) is 40.5. The molecule has 8 nitrogen and oxygen atoms in total. The molecule has 1 N–H and O–H groups in total. The van der Waals surface area contributed by atoms with Gasteiger partial charge in [0.15, 0.2) is 6.61 Å². The lowest BCUT2D eigenvalue weighted by atomic mass is 10.1. The van der Waals surface area contributed by atoms with Crippen LogP contribution in [0.25, 0.3) is 0 Å². The van der Waals surface area contributed by atoms with Crippen LogP contribution in [0.4, 0.5) is 11.4 Å². The predicted octanol–water partition coefficient (Wildman–Crippen LogP) is 2.69. The zero-order chi connectivity index (χ0) is 22.4. The largest absolute Gasteiger partial charge is 0.494 e. The van der Waals surface area contributed by atoms with E-state index in [1.54, 1.807) is 54.4 Å². The molecule has 0 saturated carbocycles. The van der Waals surface area contributed by atoms with Crippen molar-refractivity contribution in [3.05, 3.63) is 48.5 Å². The minimum absolute atomic E-state index is 0.127. The monoisotopic (exact) mass is 425 g/mol. The molecule has 1 heterocycles. The third-order valence-corrected chi connectivity index (χ3v) is 4.92. The fourth-order valence-electron chi connectivity index (χ4n) is 3.39. The average Bonchev–Trinajstić information content (AvgIpc) is 2.87. The van der Waals surface area contributed by atoms with Crippen LogP contribution >= 0.6 is 0 Å². The smallest absolute Gasteiger partial charge is 0.260 e. The predicted molar refractivity (Wildman–Crippen MR) is 117 cm³/mol. The second kappa shape index (κ2) is 9.97. The summed E-state index contributed by atoms with van der Waals surface area (Å²) < 4.78 is 10.9. The van der Waals surface area contributed by atoms with Gasteiger partial charge in [0.1, 0.15) is 11.5 Å².